The van der Waals surface area contributed by atoms with Crippen molar-refractivity contribution in [3.05, 3.63) is 23.8 Å². The van der Waals surface area contributed by atoms with Crippen LogP contribution in [-0.2, 0) is 5.41 Å². The van der Waals surface area contributed by atoms with Crippen LogP contribution < -0.4 is 20.5 Å². The van der Waals surface area contributed by atoms with Gasteiger partial charge in [-0.25, -0.2) is 0 Å². The van der Waals surface area contributed by atoms with Crippen molar-refractivity contribution in [2.24, 2.45) is 16.6 Å². The molecule has 3 N–H and O–H groups in total. The Morgan fingerprint density at radius 3 is 2.43 bits per heavy atom. The minimum atomic E-state index is -0.149. The molecule has 0 bridgehead atoms. The summed E-state index contributed by atoms with van der Waals surface area (Å²) >= 11 is 0. The fourth-order valence-electron chi connectivity index (χ4n) is 2.18. The number of methoxy groups -OCH3 is 2. The molecular weight excluding hydrogens is 290 g/mol. The van der Waals surface area contributed by atoms with E-state index in [1.807, 2.05) is 18.2 Å². The number of aliphatic imine (C=N–C) groups is 1. The molecule has 1 aromatic carbocycles. The average molecular weight is 321 g/mol. The number of benzene rings is 1. The van der Waals surface area contributed by atoms with Gasteiger partial charge in [-0.1, -0.05) is 33.8 Å². The van der Waals surface area contributed by atoms with E-state index < -0.39 is 0 Å². The van der Waals surface area contributed by atoms with E-state index in [1.54, 1.807) is 14.2 Å². The first-order valence-corrected chi connectivity index (χ1v) is 8.06. The van der Waals surface area contributed by atoms with Crippen molar-refractivity contribution in [2.45, 2.75) is 39.5 Å². The molecule has 0 fully saturated rings. The third-order valence-corrected chi connectivity index (χ3v) is 3.84. The highest BCUT2D eigenvalue weighted by molar-refractivity contribution is 5.77. The predicted octanol–water partition coefficient (Wildman–Crippen LogP) is 2.93. The van der Waals surface area contributed by atoms with Gasteiger partial charge < -0.3 is 20.5 Å². The number of guanidine groups is 1. The molecule has 0 saturated carbocycles. The molecule has 0 spiro atoms. The van der Waals surface area contributed by atoms with Crippen LogP contribution in [0.15, 0.2) is 23.2 Å². The number of nitrogens with one attached hydrogen (secondary N) is 1. The maximum atomic E-state index is 5.94. The molecule has 5 nitrogen and oxygen atoms in total. The van der Waals surface area contributed by atoms with Crippen molar-refractivity contribution in [1.82, 2.24) is 5.32 Å². The Balaban J connectivity index is 2.74. The molecule has 0 aliphatic heterocycles. The lowest BCUT2D eigenvalue weighted by molar-refractivity contribution is 0.353. The Morgan fingerprint density at radius 1 is 1.22 bits per heavy atom. The molecule has 0 heterocycles. The number of hydrogen-bond donors (Lipinski definition) is 2. The van der Waals surface area contributed by atoms with Crippen molar-refractivity contribution >= 4 is 5.96 Å². The minimum Gasteiger partial charge on any atom is -0.493 e. The second-order valence-corrected chi connectivity index (χ2v) is 6.76. The summed E-state index contributed by atoms with van der Waals surface area (Å²) in [4.78, 5) is 4.48. The van der Waals surface area contributed by atoms with E-state index in [1.165, 1.54) is 0 Å². The van der Waals surface area contributed by atoms with Crippen LogP contribution in [-0.4, -0.2) is 33.3 Å². The van der Waals surface area contributed by atoms with Gasteiger partial charge in [-0.3, -0.25) is 4.99 Å². The SMILES string of the molecule is COc1ccc(C(C)(C)CN=C(N)NCCC(C)C)cc1OC. The number of nitrogens with zero attached hydrogens (tertiary/aromatic N) is 1. The zero-order valence-electron chi connectivity index (χ0n) is 15.3. The minimum absolute atomic E-state index is 0.149. The third-order valence-electron chi connectivity index (χ3n) is 3.84. The van der Waals surface area contributed by atoms with Crippen LogP contribution >= 0.6 is 0 Å². The second-order valence-electron chi connectivity index (χ2n) is 6.76. The fraction of sp³-hybridized carbons (Fsp3) is 0.611. The number of nitrogens with two attached hydrogens (primary N) is 1. The number of hydrogen-bond acceptors (Lipinski definition) is 3. The van der Waals surface area contributed by atoms with Gasteiger partial charge in [0.25, 0.3) is 0 Å². The van der Waals surface area contributed by atoms with E-state index in [2.05, 4.69) is 38.0 Å². The van der Waals surface area contributed by atoms with Crippen LogP contribution in [0.2, 0.25) is 0 Å². The molecule has 5 heteroatoms. The topological polar surface area (TPSA) is 68.9 Å². The standard InChI is InChI=1S/C18H31N3O2/c1-13(2)9-10-20-17(19)21-12-18(3,4)14-7-8-15(22-5)16(11-14)23-6/h7-8,11,13H,9-10,12H2,1-6H3,(H3,19,20,21). The van der Waals surface area contributed by atoms with E-state index in [9.17, 15) is 0 Å². The van der Waals surface area contributed by atoms with Crippen LogP contribution in [0, 0.1) is 5.92 Å². The summed E-state index contributed by atoms with van der Waals surface area (Å²) in [6, 6.07) is 5.96. The van der Waals surface area contributed by atoms with Crippen molar-refractivity contribution in [1.29, 1.82) is 0 Å². The number of rotatable bonds is 8. The third kappa shape index (κ3) is 6.00. The molecule has 0 aliphatic rings. The maximum absolute atomic E-state index is 5.94. The molecule has 0 unspecified atom stereocenters. The van der Waals surface area contributed by atoms with Gasteiger partial charge in [-0.15, -0.1) is 0 Å². The Bertz CT molecular complexity index is 525. The van der Waals surface area contributed by atoms with E-state index >= 15 is 0 Å². The molecule has 23 heavy (non-hydrogen) atoms. The largest absolute Gasteiger partial charge is 0.493 e. The first-order valence-electron chi connectivity index (χ1n) is 8.06. The zero-order chi connectivity index (χ0) is 17.5. The van der Waals surface area contributed by atoms with Crippen molar-refractivity contribution in [3.63, 3.8) is 0 Å². The van der Waals surface area contributed by atoms with E-state index in [0.29, 0.717) is 18.4 Å². The van der Waals surface area contributed by atoms with E-state index in [4.69, 9.17) is 15.2 Å². The molecule has 0 atom stereocenters. The first kappa shape index (κ1) is 19.1. The Hall–Kier alpha value is -1.91. The van der Waals surface area contributed by atoms with Gasteiger partial charge in [0.05, 0.1) is 20.8 Å². The molecule has 0 aliphatic carbocycles. The highest BCUT2D eigenvalue weighted by atomic mass is 16.5. The van der Waals surface area contributed by atoms with Crippen molar-refractivity contribution < 1.29 is 9.47 Å². The summed E-state index contributed by atoms with van der Waals surface area (Å²) in [5.41, 5.74) is 6.93. The van der Waals surface area contributed by atoms with Gasteiger partial charge in [-0.05, 0) is 30.0 Å². The van der Waals surface area contributed by atoms with Gasteiger partial charge in [0.1, 0.15) is 0 Å². The van der Waals surface area contributed by atoms with Gasteiger partial charge >= 0.3 is 0 Å². The quantitative estimate of drug-likeness (QED) is 0.570. The summed E-state index contributed by atoms with van der Waals surface area (Å²) in [7, 11) is 3.28. The maximum Gasteiger partial charge on any atom is 0.188 e. The van der Waals surface area contributed by atoms with Crippen LogP contribution in [0.1, 0.15) is 39.7 Å². The highest BCUT2D eigenvalue weighted by Crippen LogP contribution is 2.33. The lowest BCUT2D eigenvalue weighted by Gasteiger charge is -2.24. The molecule has 1 rings (SSSR count). The molecular formula is C18H31N3O2. The Morgan fingerprint density at radius 2 is 1.87 bits per heavy atom. The highest BCUT2D eigenvalue weighted by Gasteiger charge is 2.22. The van der Waals surface area contributed by atoms with Crippen molar-refractivity contribution in [2.75, 3.05) is 27.3 Å². The molecule has 0 radical (unpaired) electrons. The average Bonchev–Trinajstić information content (AvgIpc) is 2.52. The summed E-state index contributed by atoms with van der Waals surface area (Å²) in [6.45, 7) is 10.1. The lowest BCUT2D eigenvalue weighted by Crippen LogP contribution is -2.34. The number of ether oxygens (including phenoxy) is 2. The summed E-state index contributed by atoms with van der Waals surface area (Å²) in [6.07, 6.45) is 1.08. The van der Waals surface area contributed by atoms with Crippen molar-refractivity contribution in [3.8, 4) is 11.5 Å². The first-order chi connectivity index (χ1) is 10.8. The molecule has 0 saturated heterocycles. The monoisotopic (exact) mass is 321 g/mol. The second kappa shape index (κ2) is 8.65. The summed E-state index contributed by atoms with van der Waals surface area (Å²) in [5, 5.41) is 3.16. The van der Waals surface area contributed by atoms with Gasteiger partial charge in [0.2, 0.25) is 0 Å². The van der Waals surface area contributed by atoms with Crippen LogP contribution in [0.5, 0.6) is 11.5 Å². The Labute approximate surface area is 140 Å². The normalized spacial score (nSPS) is 12.4. The Kier molecular flexibility index (Phi) is 7.20. The van der Waals surface area contributed by atoms with Crippen LogP contribution in [0.25, 0.3) is 0 Å². The molecule has 0 amide bonds. The smallest absolute Gasteiger partial charge is 0.188 e. The van der Waals surface area contributed by atoms with Gasteiger partial charge in [0, 0.05) is 12.0 Å². The predicted molar refractivity (Wildman–Crippen MR) is 96.5 cm³/mol. The van der Waals surface area contributed by atoms with E-state index in [0.717, 1.165) is 30.0 Å². The van der Waals surface area contributed by atoms with Gasteiger partial charge in [0.15, 0.2) is 17.5 Å². The zero-order valence-corrected chi connectivity index (χ0v) is 15.3. The lowest BCUT2D eigenvalue weighted by atomic mass is 9.84. The molecule has 1 aromatic rings. The summed E-state index contributed by atoms with van der Waals surface area (Å²) in [5.74, 6) is 2.60. The molecule has 0 aromatic heterocycles. The van der Waals surface area contributed by atoms with Crippen LogP contribution in [0.4, 0.5) is 0 Å². The summed E-state index contributed by atoms with van der Waals surface area (Å²) < 4.78 is 10.7. The molecule has 130 valence electrons. The van der Waals surface area contributed by atoms with Crippen LogP contribution in [0.3, 0.4) is 0 Å². The van der Waals surface area contributed by atoms with Gasteiger partial charge in [-0.2, -0.15) is 0 Å². The van der Waals surface area contributed by atoms with E-state index in [-0.39, 0.29) is 5.41 Å². The fourth-order valence-corrected chi connectivity index (χ4v) is 2.18.